The van der Waals surface area contributed by atoms with Gasteiger partial charge in [-0.3, -0.25) is 4.79 Å². The number of hydrogen-bond donors (Lipinski definition) is 0. The number of likely N-dealkylation sites (tertiary alicyclic amines) is 1. The number of hydrogen-bond acceptors (Lipinski definition) is 4. The maximum Gasteiger partial charge on any atom is 0.244 e. The van der Waals surface area contributed by atoms with E-state index in [1.54, 1.807) is 11.0 Å². The molecule has 0 aliphatic carbocycles. The molecule has 22 heavy (non-hydrogen) atoms. The second-order valence-electron chi connectivity index (χ2n) is 5.61. The summed E-state index contributed by atoms with van der Waals surface area (Å²) >= 11 is 1.93. The van der Waals surface area contributed by atoms with E-state index in [4.69, 9.17) is 0 Å². The van der Waals surface area contributed by atoms with E-state index in [9.17, 15) is 4.79 Å². The predicted octanol–water partition coefficient (Wildman–Crippen LogP) is 2.37. The molecule has 3 rings (SSSR count). The van der Waals surface area contributed by atoms with Crippen LogP contribution in [0.1, 0.15) is 18.4 Å². The minimum atomic E-state index is 0.129. The van der Waals surface area contributed by atoms with Crippen LogP contribution in [0.15, 0.2) is 41.8 Å². The molecule has 1 amide bonds. The van der Waals surface area contributed by atoms with Crippen LogP contribution in [0.3, 0.4) is 0 Å². The van der Waals surface area contributed by atoms with Crippen molar-refractivity contribution < 1.29 is 4.79 Å². The Morgan fingerprint density at radius 2 is 2.18 bits per heavy atom. The largest absolute Gasteiger partial charge is 0.341 e. The van der Waals surface area contributed by atoms with Crippen LogP contribution in [0.5, 0.6) is 0 Å². The molecule has 0 atom stereocenters. The van der Waals surface area contributed by atoms with Gasteiger partial charge in [0.2, 0.25) is 5.91 Å². The van der Waals surface area contributed by atoms with E-state index in [-0.39, 0.29) is 12.5 Å². The molecule has 0 spiro atoms. The molecule has 116 valence electrons. The zero-order chi connectivity index (χ0) is 15.4. The maximum absolute atomic E-state index is 12.2. The van der Waals surface area contributed by atoms with Crippen molar-refractivity contribution in [2.45, 2.75) is 36.5 Å². The highest BCUT2D eigenvalue weighted by molar-refractivity contribution is 8.00. The van der Waals surface area contributed by atoms with Crippen LogP contribution >= 0.6 is 11.8 Å². The van der Waals surface area contributed by atoms with Crippen LogP contribution in [-0.2, 0) is 11.3 Å². The molecular formula is C16H20N4OS. The number of piperidine rings is 1. The van der Waals surface area contributed by atoms with Crippen molar-refractivity contribution in [3.63, 3.8) is 0 Å². The molecule has 0 N–H and O–H groups in total. The number of amides is 1. The second-order valence-corrected chi connectivity index (χ2v) is 6.98. The van der Waals surface area contributed by atoms with Crippen molar-refractivity contribution in [2.75, 3.05) is 13.1 Å². The Labute approximate surface area is 134 Å². The van der Waals surface area contributed by atoms with Gasteiger partial charge < -0.3 is 4.90 Å². The molecule has 1 aliphatic heterocycles. The minimum absolute atomic E-state index is 0.129. The third-order valence-corrected chi connectivity index (χ3v) is 5.18. The molecule has 1 saturated heterocycles. The topological polar surface area (TPSA) is 51.0 Å². The average molecular weight is 316 g/mol. The molecule has 2 heterocycles. The first-order valence-electron chi connectivity index (χ1n) is 7.54. The normalized spacial score (nSPS) is 16.0. The van der Waals surface area contributed by atoms with Gasteiger partial charge >= 0.3 is 0 Å². The van der Waals surface area contributed by atoms with Gasteiger partial charge in [0.25, 0.3) is 0 Å². The van der Waals surface area contributed by atoms with E-state index >= 15 is 0 Å². The standard InChI is InChI=1S/C16H20N4OS/c1-13-3-2-4-15(9-13)22-14-5-7-19(8-6-14)16(21)10-20-12-17-11-18-20/h2-4,9,11-12,14H,5-8,10H2,1H3. The van der Waals surface area contributed by atoms with Crippen molar-refractivity contribution in [3.8, 4) is 0 Å². The quantitative estimate of drug-likeness (QED) is 0.869. The van der Waals surface area contributed by atoms with Gasteiger partial charge in [-0.25, -0.2) is 9.67 Å². The fourth-order valence-corrected chi connectivity index (χ4v) is 3.90. The molecule has 2 aromatic rings. The smallest absolute Gasteiger partial charge is 0.244 e. The number of aromatic nitrogens is 3. The molecule has 1 fully saturated rings. The monoisotopic (exact) mass is 316 g/mol. The number of aryl methyl sites for hydroxylation is 1. The van der Waals surface area contributed by atoms with Crippen LogP contribution in [0, 0.1) is 6.92 Å². The Morgan fingerprint density at radius 3 is 2.86 bits per heavy atom. The van der Waals surface area contributed by atoms with Gasteiger partial charge in [0.1, 0.15) is 19.2 Å². The number of nitrogens with zero attached hydrogens (tertiary/aromatic N) is 4. The lowest BCUT2D eigenvalue weighted by atomic mass is 10.1. The van der Waals surface area contributed by atoms with Gasteiger partial charge in [-0.15, -0.1) is 11.8 Å². The van der Waals surface area contributed by atoms with E-state index in [1.165, 1.54) is 16.8 Å². The molecule has 0 radical (unpaired) electrons. The van der Waals surface area contributed by atoms with Gasteiger partial charge in [0.15, 0.2) is 0 Å². The molecule has 1 aromatic heterocycles. The Bertz CT molecular complexity index is 621. The van der Waals surface area contributed by atoms with Gasteiger partial charge in [0.05, 0.1) is 0 Å². The summed E-state index contributed by atoms with van der Waals surface area (Å²) in [6, 6.07) is 8.62. The Balaban J connectivity index is 1.49. The highest BCUT2D eigenvalue weighted by Gasteiger charge is 2.23. The van der Waals surface area contributed by atoms with E-state index in [0.29, 0.717) is 5.25 Å². The first-order valence-corrected chi connectivity index (χ1v) is 8.42. The summed E-state index contributed by atoms with van der Waals surface area (Å²) in [5, 5.41) is 4.58. The molecule has 0 bridgehead atoms. The highest BCUT2D eigenvalue weighted by atomic mass is 32.2. The van der Waals surface area contributed by atoms with Gasteiger partial charge in [-0.2, -0.15) is 5.10 Å². The maximum atomic E-state index is 12.2. The molecule has 1 aromatic carbocycles. The van der Waals surface area contributed by atoms with Crippen LogP contribution in [-0.4, -0.2) is 43.9 Å². The highest BCUT2D eigenvalue weighted by Crippen LogP contribution is 2.30. The first kappa shape index (κ1) is 15.1. The van der Waals surface area contributed by atoms with Crippen molar-refractivity contribution in [2.24, 2.45) is 0 Å². The van der Waals surface area contributed by atoms with Crippen molar-refractivity contribution in [3.05, 3.63) is 42.5 Å². The van der Waals surface area contributed by atoms with E-state index < -0.39 is 0 Å². The van der Waals surface area contributed by atoms with Crippen LogP contribution < -0.4 is 0 Å². The Hall–Kier alpha value is -1.82. The summed E-state index contributed by atoms with van der Waals surface area (Å²) < 4.78 is 1.58. The fourth-order valence-electron chi connectivity index (χ4n) is 2.66. The number of thioether (sulfide) groups is 1. The van der Waals surface area contributed by atoms with Crippen molar-refractivity contribution in [1.29, 1.82) is 0 Å². The van der Waals surface area contributed by atoms with Crippen LogP contribution in [0.4, 0.5) is 0 Å². The average Bonchev–Trinajstić information content (AvgIpc) is 3.01. The molecule has 0 saturated carbocycles. The number of carbonyl (C=O) groups excluding carboxylic acids is 1. The zero-order valence-corrected chi connectivity index (χ0v) is 13.5. The summed E-state index contributed by atoms with van der Waals surface area (Å²) in [7, 11) is 0. The molecule has 5 nitrogen and oxygen atoms in total. The minimum Gasteiger partial charge on any atom is -0.341 e. The van der Waals surface area contributed by atoms with Gasteiger partial charge in [-0.05, 0) is 31.9 Å². The lowest BCUT2D eigenvalue weighted by molar-refractivity contribution is -0.132. The molecule has 0 unspecified atom stereocenters. The Kier molecular flexibility index (Phi) is 4.77. The third kappa shape index (κ3) is 3.88. The fraction of sp³-hybridized carbons (Fsp3) is 0.438. The van der Waals surface area contributed by atoms with Crippen molar-refractivity contribution in [1.82, 2.24) is 19.7 Å². The van der Waals surface area contributed by atoms with E-state index in [2.05, 4.69) is 41.3 Å². The number of carbonyl (C=O) groups is 1. The van der Waals surface area contributed by atoms with E-state index in [0.717, 1.165) is 25.9 Å². The summed E-state index contributed by atoms with van der Waals surface area (Å²) in [5.41, 5.74) is 1.30. The molecule has 6 heteroatoms. The predicted molar refractivity (Wildman–Crippen MR) is 86.7 cm³/mol. The second kappa shape index (κ2) is 6.96. The number of benzene rings is 1. The zero-order valence-electron chi connectivity index (χ0n) is 12.7. The molecule has 1 aliphatic rings. The lowest BCUT2D eigenvalue weighted by Crippen LogP contribution is -2.41. The first-order chi connectivity index (χ1) is 10.7. The Morgan fingerprint density at radius 1 is 1.36 bits per heavy atom. The summed E-state index contributed by atoms with van der Waals surface area (Å²) in [6.45, 7) is 4.07. The molecular weight excluding hydrogens is 296 g/mol. The van der Waals surface area contributed by atoms with Gasteiger partial charge in [-0.1, -0.05) is 17.7 Å². The van der Waals surface area contributed by atoms with E-state index in [1.807, 2.05) is 16.7 Å². The van der Waals surface area contributed by atoms with Crippen LogP contribution in [0.25, 0.3) is 0 Å². The van der Waals surface area contributed by atoms with Crippen molar-refractivity contribution >= 4 is 17.7 Å². The summed E-state index contributed by atoms with van der Waals surface area (Å²) in [5.74, 6) is 0.129. The SMILES string of the molecule is Cc1cccc(SC2CCN(C(=O)Cn3cncn3)CC2)c1. The van der Waals surface area contributed by atoms with Gasteiger partial charge in [0, 0.05) is 23.2 Å². The third-order valence-electron chi connectivity index (χ3n) is 3.85. The summed E-state index contributed by atoms with van der Waals surface area (Å²) in [6.07, 6.45) is 5.12. The lowest BCUT2D eigenvalue weighted by Gasteiger charge is -2.31. The summed E-state index contributed by atoms with van der Waals surface area (Å²) in [4.78, 5) is 19.3. The van der Waals surface area contributed by atoms with Crippen LogP contribution in [0.2, 0.25) is 0 Å². The number of rotatable bonds is 4.